The molecule has 0 saturated carbocycles. The summed E-state index contributed by atoms with van der Waals surface area (Å²) in [5, 5.41) is 4.27. The zero-order valence-corrected chi connectivity index (χ0v) is 12.2. The molecule has 0 aliphatic carbocycles. The molecular formula is C17H20ClN. The molecule has 0 saturated heterocycles. The molecule has 2 aromatic rings. The lowest BCUT2D eigenvalue weighted by atomic mass is 10.1. The molecule has 0 heterocycles. The molecule has 2 rings (SSSR count). The van der Waals surface area contributed by atoms with Crippen molar-refractivity contribution in [3.8, 4) is 0 Å². The molecule has 1 N–H and O–H groups in total. The molecule has 0 spiro atoms. The van der Waals surface area contributed by atoms with Gasteiger partial charge >= 0.3 is 0 Å². The average molecular weight is 274 g/mol. The summed E-state index contributed by atoms with van der Waals surface area (Å²) in [5.41, 5.74) is 3.59. The van der Waals surface area contributed by atoms with Crippen LogP contribution in [0.2, 0.25) is 5.02 Å². The first kappa shape index (κ1) is 14.0. The van der Waals surface area contributed by atoms with Crippen LogP contribution in [0.25, 0.3) is 0 Å². The summed E-state index contributed by atoms with van der Waals surface area (Å²) < 4.78 is 0. The second-order valence-electron chi connectivity index (χ2n) is 5.05. The molecule has 1 nitrogen and oxygen atoms in total. The van der Waals surface area contributed by atoms with E-state index >= 15 is 0 Å². The van der Waals surface area contributed by atoms with Crippen molar-refractivity contribution in [3.63, 3.8) is 0 Å². The molecular weight excluding hydrogens is 254 g/mol. The number of aryl methyl sites for hydroxylation is 2. The van der Waals surface area contributed by atoms with Crippen LogP contribution in [0.3, 0.4) is 0 Å². The molecule has 0 radical (unpaired) electrons. The van der Waals surface area contributed by atoms with Crippen molar-refractivity contribution in [2.24, 2.45) is 0 Å². The summed E-state index contributed by atoms with van der Waals surface area (Å²) in [6.45, 7) is 4.24. The summed E-state index contributed by atoms with van der Waals surface area (Å²) in [6, 6.07) is 17.1. The minimum absolute atomic E-state index is 0.403. The van der Waals surface area contributed by atoms with E-state index in [0.717, 1.165) is 23.6 Å². The van der Waals surface area contributed by atoms with Gasteiger partial charge < -0.3 is 5.32 Å². The summed E-state index contributed by atoms with van der Waals surface area (Å²) >= 11 is 6.23. The first-order valence-corrected chi connectivity index (χ1v) is 7.09. The first-order valence-electron chi connectivity index (χ1n) is 6.72. The Bertz CT molecular complexity index is 522. The lowest BCUT2D eigenvalue weighted by molar-refractivity contribution is 0.706. The minimum Gasteiger partial charge on any atom is -0.381 e. The number of halogens is 1. The van der Waals surface area contributed by atoms with Crippen molar-refractivity contribution < 1.29 is 0 Å². The van der Waals surface area contributed by atoms with Gasteiger partial charge in [0, 0.05) is 6.04 Å². The molecule has 19 heavy (non-hydrogen) atoms. The van der Waals surface area contributed by atoms with Gasteiger partial charge in [-0.25, -0.2) is 0 Å². The summed E-state index contributed by atoms with van der Waals surface area (Å²) in [4.78, 5) is 0. The van der Waals surface area contributed by atoms with E-state index in [-0.39, 0.29) is 0 Å². The van der Waals surface area contributed by atoms with Crippen LogP contribution in [-0.4, -0.2) is 6.04 Å². The normalized spacial score (nSPS) is 12.2. The standard InChI is InChI=1S/C17H20ClN/c1-13-8-11-17(16(18)12-13)19-14(2)9-10-15-6-4-3-5-7-15/h3-8,11-12,14,19H,9-10H2,1-2H3. The summed E-state index contributed by atoms with van der Waals surface area (Å²) in [7, 11) is 0. The first-order chi connectivity index (χ1) is 9.15. The zero-order chi connectivity index (χ0) is 13.7. The number of hydrogen-bond acceptors (Lipinski definition) is 1. The van der Waals surface area contributed by atoms with Crippen LogP contribution in [0.1, 0.15) is 24.5 Å². The van der Waals surface area contributed by atoms with Crippen LogP contribution < -0.4 is 5.32 Å². The van der Waals surface area contributed by atoms with E-state index in [1.54, 1.807) is 0 Å². The van der Waals surface area contributed by atoms with Crippen molar-refractivity contribution in [1.82, 2.24) is 0 Å². The molecule has 2 heteroatoms. The summed E-state index contributed by atoms with van der Waals surface area (Å²) in [5.74, 6) is 0. The van der Waals surface area contributed by atoms with E-state index in [2.05, 4.69) is 61.6 Å². The molecule has 0 aromatic heterocycles. The Kier molecular flexibility index (Phi) is 4.86. The third-order valence-electron chi connectivity index (χ3n) is 3.24. The van der Waals surface area contributed by atoms with E-state index in [4.69, 9.17) is 11.6 Å². The van der Waals surface area contributed by atoms with E-state index < -0.39 is 0 Å². The maximum absolute atomic E-state index is 6.23. The second-order valence-corrected chi connectivity index (χ2v) is 5.46. The van der Waals surface area contributed by atoms with E-state index in [9.17, 15) is 0 Å². The molecule has 1 unspecified atom stereocenters. The molecule has 0 aliphatic rings. The maximum atomic E-state index is 6.23. The van der Waals surface area contributed by atoms with Gasteiger partial charge in [0.15, 0.2) is 0 Å². The monoisotopic (exact) mass is 273 g/mol. The number of nitrogens with one attached hydrogen (secondary N) is 1. The second kappa shape index (κ2) is 6.63. The molecule has 2 aromatic carbocycles. The van der Waals surface area contributed by atoms with E-state index in [1.807, 2.05) is 6.07 Å². The molecule has 0 amide bonds. The minimum atomic E-state index is 0.403. The highest BCUT2D eigenvalue weighted by Gasteiger charge is 2.05. The zero-order valence-electron chi connectivity index (χ0n) is 11.5. The van der Waals surface area contributed by atoms with Gasteiger partial charge in [0.25, 0.3) is 0 Å². The topological polar surface area (TPSA) is 12.0 Å². The van der Waals surface area contributed by atoms with Crippen LogP contribution in [0, 0.1) is 6.92 Å². The highest BCUT2D eigenvalue weighted by atomic mass is 35.5. The third-order valence-corrected chi connectivity index (χ3v) is 3.55. The highest BCUT2D eigenvalue weighted by molar-refractivity contribution is 6.33. The van der Waals surface area contributed by atoms with Crippen LogP contribution in [0.5, 0.6) is 0 Å². The van der Waals surface area contributed by atoms with E-state index in [1.165, 1.54) is 11.1 Å². The van der Waals surface area contributed by atoms with Crippen molar-refractivity contribution in [1.29, 1.82) is 0 Å². The Morgan fingerprint density at radius 2 is 1.84 bits per heavy atom. The Morgan fingerprint density at radius 3 is 2.53 bits per heavy atom. The van der Waals surface area contributed by atoms with Crippen LogP contribution in [-0.2, 0) is 6.42 Å². The van der Waals surface area contributed by atoms with Gasteiger partial charge in [-0.1, -0.05) is 48.0 Å². The van der Waals surface area contributed by atoms with Gasteiger partial charge in [-0.15, -0.1) is 0 Å². The SMILES string of the molecule is Cc1ccc(NC(C)CCc2ccccc2)c(Cl)c1. The van der Waals surface area contributed by atoms with Gasteiger partial charge in [0.1, 0.15) is 0 Å². The molecule has 100 valence electrons. The molecule has 0 bridgehead atoms. The number of benzene rings is 2. The van der Waals surface area contributed by atoms with Gasteiger partial charge in [0.05, 0.1) is 10.7 Å². The van der Waals surface area contributed by atoms with Gasteiger partial charge in [0.2, 0.25) is 0 Å². The number of rotatable bonds is 5. The fourth-order valence-corrected chi connectivity index (χ4v) is 2.39. The van der Waals surface area contributed by atoms with Crippen molar-refractivity contribution in [2.75, 3.05) is 5.32 Å². The molecule has 0 aliphatic heterocycles. The Morgan fingerprint density at radius 1 is 1.11 bits per heavy atom. The van der Waals surface area contributed by atoms with Crippen LogP contribution in [0.4, 0.5) is 5.69 Å². The average Bonchev–Trinajstić information content (AvgIpc) is 2.41. The van der Waals surface area contributed by atoms with Crippen LogP contribution >= 0.6 is 11.6 Å². The van der Waals surface area contributed by atoms with Crippen LogP contribution in [0.15, 0.2) is 48.5 Å². The Balaban J connectivity index is 1.89. The number of anilines is 1. The van der Waals surface area contributed by atoms with E-state index in [0.29, 0.717) is 6.04 Å². The lowest BCUT2D eigenvalue weighted by Crippen LogP contribution is -2.16. The smallest absolute Gasteiger partial charge is 0.0640 e. The van der Waals surface area contributed by atoms with Gasteiger partial charge in [-0.05, 0) is 49.9 Å². The van der Waals surface area contributed by atoms with Gasteiger partial charge in [-0.2, -0.15) is 0 Å². The fraction of sp³-hybridized carbons (Fsp3) is 0.294. The van der Waals surface area contributed by atoms with Crippen molar-refractivity contribution >= 4 is 17.3 Å². The predicted molar refractivity (Wildman–Crippen MR) is 84.0 cm³/mol. The quantitative estimate of drug-likeness (QED) is 0.801. The predicted octanol–water partition coefficient (Wildman–Crippen LogP) is 5.08. The summed E-state index contributed by atoms with van der Waals surface area (Å²) in [6.07, 6.45) is 2.17. The molecule has 1 atom stereocenters. The third kappa shape index (κ3) is 4.29. The van der Waals surface area contributed by atoms with Crippen molar-refractivity contribution in [2.45, 2.75) is 32.7 Å². The lowest BCUT2D eigenvalue weighted by Gasteiger charge is -2.16. The largest absolute Gasteiger partial charge is 0.381 e. The maximum Gasteiger partial charge on any atom is 0.0640 e. The van der Waals surface area contributed by atoms with Crippen molar-refractivity contribution in [3.05, 3.63) is 64.7 Å². The van der Waals surface area contributed by atoms with Gasteiger partial charge in [-0.3, -0.25) is 0 Å². The Labute approximate surface area is 120 Å². The highest BCUT2D eigenvalue weighted by Crippen LogP contribution is 2.24. The Hall–Kier alpha value is -1.47. The fourth-order valence-electron chi connectivity index (χ4n) is 2.10. The molecule has 0 fully saturated rings. The number of hydrogen-bond donors (Lipinski definition) is 1.